The number of aliphatic carboxylic acids is 1. The van der Waals surface area contributed by atoms with Gasteiger partial charge in [0.2, 0.25) is 0 Å². The summed E-state index contributed by atoms with van der Waals surface area (Å²) in [5.41, 5.74) is 1.64. The van der Waals surface area contributed by atoms with Crippen LogP contribution in [0, 0.1) is 18.3 Å². The van der Waals surface area contributed by atoms with E-state index in [4.69, 9.17) is 22.0 Å². The molecule has 0 radical (unpaired) electrons. The maximum absolute atomic E-state index is 10.5. The molecule has 0 saturated heterocycles. The molecule has 0 unspecified atom stereocenters. The fourth-order valence-corrected chi connectivity index (χ4v) is 1.37. The third kappa shape index (κ3) is 2.24. The number of carboxylic acids is 1. The average molecular weight is 210 g/mol. The van der Waals surface area contributed by atoms with Gasteiger partial charge in [-0.05, 0) is 30.2 Å². The summed E-state index contributed by atoms with van der Waals surface area (Å²) in [5.74, 6) is -0.957. The van der Waals surface area contributed by atoms with Crippen molar-refractivity contribution >= 4 is 17.6 Å². The van der Waals surface area contributed by atoms with Crippen LogP contribution in [-0.2, 0) is 11.2 Å². The van der Waals surface area contributed by atoms with Crippen molar-refractivity contribution in [2.45, 2.75) is 13.3 Å². The number of benzene rings is 1. The van der Waals surface area contributed by atoms with Gasteiger partial charge in [-0.2, -0.15) is 5.26 Å². The van der Waals surface area contributed by atoms with E-state index in [-0.39, 0.29) is 6.42 Å². The van der Waals surface area contributed by atoms with Crippen molar-refractivity contribution in [1.82, 2.24) is 0 Å². The molecular weight excluding hydrogens is 202 g/mol. The number of carboxylic acid groups (broad SMARTS) is 1. The fourth-order valence-electron chi connectivity index (χ4n) is 1.20. The number of carbonyl (C=O) groups is 1. The van der Waals surface area contributed by atoms with Gasteiger partial charge in [-0.3, -0.25) is 4.79 Å². The Bertz CT molecular complexity index is 421. The third-order valence-corrected chi connectivity index (χ3v) is 2.34. The van der Waals surface area contributed by atoms with Crippen molar-refractivity contribution in [1.29, 1.82) is 5.26 Å². The molecule has 0 saturated carbocycles. The Morgan fingerprint density at radius 2 is 2.29 bits per heavy atom. The average Bonchev–Trinajstić information content (AvgIpc) is 2.11. The minimum Gasteiger partial charge on any atom is -0.481 e. The molecule has 0 spiro atoms. The molecule has 14 heavy (non-hydrogen) atoms. The summed E-state index contributed by atoms with van der Waals surface area (Å²) in [6.45, 7) is 1.74. The van der Waals surface area contributed by atoms with E-state index in [0.717, 1.165) is 5.56 Å². The second-order valence-electron chi connectivity index (χ2n) is 2.95. The normalized spacial score (nSPS) is 9.50. The lowest BCUT2D eigenvalue weighted by Gasteiger charge is -2.04. The number of nitriles is 1. The SMILES string of the molecule is Cc1cc(C#N)cc(CC(=O)O)c1Cl. The van der Waals surface area contributed by atoms with Crippen LogP contribution in [0.4, 0.5) is 0 Å². The lowest BCUT2D eigenvalue weighted by Crippen LogP contribution is -2.02. The quantitative estimate of drug-likeness (QED) is 0.812. The van der Waals surface area contributed by atoms with E-state index in [9.17, 15) is 4.79 Å². The van der Waals surface area contributed by atoms with Crippen molar-refractivity contribution < 1.29 is 9.90 Å². The van der Waals surface area contributed by atoms with E-state index in [1.807, 2.05) is 6.07 Å². The second kappa shape index (κ2) is 4.12. The number of nitrogens with zero attached hydrogens (tertiary/aromatic N) is 1. The summed E-state index contributed by atoms with van der Waals surface area (Å²) < 4.78 is 0. The Hall–Kier alpha value is -1.53. The molecule has 1 N–H and O–H groups in total. The first kappa shape index (κ1) is 10.6. The predicted octanol–water partition coefficient (Wildman–Crippen LogP) is 2.15. The molecular formula is C10H8ClNO2. The van der Waals surface area contributed by atoms with Crippen LogP contribution in [0.15, 0.2) is 12.1 Å². The van der Waals surface area contributed by atoms with Crippen LogP contribution in [0.3, 0.4) is 0 Å². The van der Waals surface area contributed by atoms with Crippen LogP contribution >= 0.6 is 11.6 Å². The topological polar surface area (TPSA) is 61.1 Å². The highest BCUT2D eigenvalue weighted by Crippen LogP contribution is 2.22. The zero-order chi connectivity index (χ0) is 10.7. The molecule has 3 nitrogen and oxygen atoms in total. The number of hydrogen-bond acceptors (Lipinski definition) is 2. The molecule has 1 rings (SSSR count). The monoisotopic (exact) mass is 209 g/mol. The van der Waals surface area contributed by atoms with Gasteiger partial charge < -0.3 is 5.11 Å². The van der Waals surface area contributed by atoms with Crippen LogP contribution in [0.1, 0.15) is 16.7 Å². The van der Waals surface area contributed by atoms with Gasteiger partial charge in [-0.25, -0.2) is 0 Å². The smallest absolute Gasteiger partial charge is 0.307 e. The molecule has 4 heteroatoms. The number of halogens is 1. The van der Waals surface area contributed by atoms with E-state index in [1.165, 1.54) is 6.07 Å². The summed E-state index contributed by atoms with van der Waals surface area (Å²) in [4.78, 5) is 10.5. The van der Waals surface area contributed by atoms with Gasteiger partial charge in [0.15, 0.2) is 0 Å². The molecule has 0 heterocycles. The van der Waals surface area contributed by atoms with Gasteiger partial charge in [0, 0.05) is 5.02 Å². The van der Waals surface area contributed by atoms with Crippen LogP contribution in [0.25, 0.3) is 0 Å². The summed E-state index contributed by atoms with van der Waals surface area (Å²) in [6, 6.07) is 5.09. The maximum atomic E-state index is 10.5. The Morgan fingerprint density at radius 3 is 2.79 bits per heavy atom. The van der Waals surface area contributed by atoms with Gasteiger partial charge in [0.05, 0.1) is 18.1 Å². The highest BCUT2D eigenvalue weighted by Gasteiger charge is 2.09. The van der Waals surface area contributed by atoms with E-state index >= 15 is 0 Å². The van der Waals surface area contributed by atoms with E-state index in [0.29, 0.717) is 16.1 Å². The predicted molar refractivity (Wildman–Crippen MR) is 52.2 cm³/mol. The van der Waals surface area contributed by atoms with Crippen molar-refractivity contribution in [3.05, 3.63) is 33.8 Å². The van der Waals surface area contributed by atoms with Crippen molar-refractivity contribution in [2.24, 2.45) is 0 Å². The molecule has 0 fully saturated rings. The van der Waals surface area contributed by atoms with Gasteiger partial charge in [-0.15, -0.1) is 0 Å². The van der Waals surface area contributed by atoms with Crippen LogP contribution in [0.2, 0.25) is 5.02 Å². The molecule has 0 aliphatic carbocycles. The molecule has 1 aromatic carbocycles. The fraction of sp³-hybridized carbons (Fsp3) is 0.200. The molecule has 0 amide bonds. The van der Waals surface area contributed by atoms with Crippen molar-refractivity contribution in [3.8, 4) is 6.07 Å². The summed E-state index contributed by atoms with van der Waals surface area (Å²) in [7, 11) is 0. The van der Waals surface area contributed by atoms with Gasteiger partial charge in [0.1, 0.15) is 0 Å². The number of hydrogen-bond donors (Lipinski definition) is 1. The zero-order valence-corrected chi connectivity index (χ0v) is 8.30. The Balaban J connectivity index is 3.21. The number of rotatable bonds is 2. The summed E-state index contributed by atoms with van der Waals surface area (Å²) in [5, 5.41) is 17.7. The molecule has 1 aromatic rings. The van der Waals surface area contributed by atoms with E-state index in [2.05, 4.69) is 0 Å². The maximum Gasteiger partial charge on any atom is 0.307 e. The summed E-state index contributed by atoms with van der Waals surface area (Å²) in [6.07, 6.45) is -0.158. The van der Waals surface area contributed by atoms with E-state index < -0.39 is 5.97 Å². The molecule has 0 aromatic heterocycles. The Morgan fingerprint density at radius 1 is 1.64 bits per heavy atom. The second-order valence-corrected chi connectivity index (χ2v) is 3.33. The largest absolute Gasteiger partial charge is 0.481 e. The molecule has 0 atom stereocenters. The Kier molecular flexibility index (Phi) is 3.10. The Labute approximate surface area is 86.5 Å². The third-order valence-electron chi connectivity index (χ3n) is 1.80. The lowest BCUT2D eigenvalue weighted by molar-refractivity contribution is -0.136. The zero-order valence-electron chi connectivity index (χ0n) is 7.54. The molecule has 0 aliphatic rings. The van der Waals surface area contributed by atoms with Gasteiger partial charge >= 0.3 is 5.97 Å². The highest BCUT2D eigenvalue weighted by atomic mass is 35.5. The van der Waals surface area contributed by atoms with Gasteiger partial charge in [-0.1, -0.05) is 11.6 Å². The van der Waals surface area contributed by atoms with Crippen LogP contribution in [0.5, 0.6) is 0 Å². The minimum atomic E-state index is -0.957. The lowest BCUT2D eigenvalue weighted by atomic mass is 10.0. The first-order valence-electron chi connectivity index (χ1n) is 3.95. The minimum absolute atomic E-state index is 0.158. The first-order chi connectivity index (χ1) is 6.54. The molecule has 72 valence electrons. The van der Waals surface area contributed by atoms with Crippen LogP contribution in [-0.4, -0.2) is 11.1 Å². The molecule has 0 bridgehead atoms. The van der Waals surface area contributed by atoms with Gasteiger partial charge in [0.25, 0.3) is 0 Å². The standard InChI is InChI=1S/C10H8ClNO2/c1-6-2-7(5-12)3-8(10(6)11)4-9(13)14/h2-3H,4H2,1H3,(H,13,14). The number of aryl methyl sites for hydroxylation is 1. The first-order valence-corrected chi connectivity index (χ1v) is 4.33. The van der Waals surface area contributed by atoms with E-state index in [1.54, 1.807) is 13.0 Å². The molecule has 0 aliphatic heterocycles. The highest BCUT2D eigenvalue weighted by molar-refractivity contribution is 6.32. The van der Waals surface area contributed by atoms with Crippen molar-refractivity contribution in [2.75, 3.05) is 0 Å². The summed E-state index contributed by atoms with van der Waals surface area (Å²) >= 11 is 5.89. The van der Waals surface area contributed by atoms with Crippen molar-refractivity contribution in [3.63, 3.8) is 0 Å². The van der Waals surface area contributed by atoms with Crippen LogP contribution < -0.4 is 0 Å².